The number of nitrogens with zero attached hydrogens (tertiary/aromatic N) is 1. The van der Waals surface area contributed by atoms with Gasteiger partial charge in [0.05, 0.1) is 7.11 Å². The molecule has 5 heteroatoms. The molecule has 1 unspecified atom stereocenters. The number of nitrogens with one attached hydrogen (secondary N) is 1. The van der Waals surface area contributed by atoms with Crippen molar-refractivity contribution in [1.82, 2.24) is 5.32 Å². The quantitative estimate of drug-likeness (QED) is 0.783. The van der Waals surface area contributed by atoms with E-state index in [4.69, 9.17) is 10.5 Å². The molecule has 2 aliphatic rings. The maximum Gasteiger partial charge on any atom is 0.343 e. The summed E-state index contributed by atoms with van der Waals surface area (Å²) in [4.78, 5) is 15.3. The lowest BCUT2D eigenvalue weighted by molar-refractivity contribution is 0.244. The van der Waals surface area contributed by atoms with Gasteiger partial charge in [-0.15, -0.1) is 0 Å². The van der Waals surface area contributed by atoms with E-state index < -0.39 is 5.54 Å². The van der Waals surface area contributed by atoms with Crippen molar-refractivity contribution in [1.29, 1.82) is 0 Å². The number of urea groups is 1. The molecule has 94 valence electrons. The number of carbonyl (C=O) groups is 1. The zero-order valence-corrected chi connectivity index (χ0v) is 10.2. The standard InChI is InChI=1S/C13H15N3O2/c1-18-9-5-4-8-3-2-6-13(10(8)7-9)11(14)15-12(17)16-13/h4-5,7H,2-3,6H2,1H3,(H3,14,15,16,17). The molecule has 3 N–H and O–H groups in total. The van der Waals surface area contributed by atoms with Crippen molar-refractivity contribution in [2.24, 2.45) is 10.7 Å². The Morgan fingerprint density at radius 1 is 1.50 bits per heavy atom. The van der Waals surface area contributed by atoms with Gasteiger partial charge in [-0.2, -0.15) is 4.99 Å². The minimum atomic E-state index is -0.626. The molecule has 0 fully saturated rings. The van der Waals surface area contributed by atoms with Crippen molar-refractivity contribution in [3.8, 4) is 5.75 Å². The number of amides is 2. The average molecular weight is 245 g/mol. The van der Waals surface area contributed by atoms with Gasteiger partial charge >= 0.3 is 6.03 Å². The van der Waals surface area contributed by atoms with Gasteiger partial charge in [-0.3, -0.25) is 0 Å². The number of benzene rings is 1. The second kappa shape index (κ2) is 3.73. The molecule has 0 bridgehead atoms. The van der Waals surface area contributed by atoms with Gasteiger partial charge in [0, 0.05) is 0 Å². The molecule has 18 heavy (non-hydrogen) atoms. The molecule has 2 amide bonds. The van der Waals surface area contributed by atoms with Crippen LogP contribution in [0.3, 0.4) is 0 Å². The maximum atomic E-state index is 11.5. The van der Waals surface area contributed by atoms with Crippen LogP contribution < -0.4 is 15.8 Å². The van der Waals surface area contributed by atoms with Crippen LogP contribution in [0.1, 0.15) is 24.0 Å². The van der Waals surface area contributed by atoms with E-state index in [2.05, 4.69) is 10.3 Å². The lowest BCUT2D eigenvalue weighted by Gasteiger charge is -2.35. The maximum absolute atomic E-state index is 11.5. The number of nitrogens with two attached hydrogens (primary N) is 1. The third-order valence-electron chi connectivity index (χ3n) is 3.75. The number of methoxy groups -OCH3 is 1. The molecule has 1 aliphatic carbocycles. The Morgan fingerprint density at radius 2 is 2.33 bits per heavy atom. The Labute approximate surface area is 105 Å². The van der Waals surface area contributed by atoms with E-state index in [1.54, 1.807) is 7.11 Å². The van der Waals surface area contributed by atoms with Gasteiger partial charge in [0.15, 0.2) is 0 Å². The summed E-state index contributed by atoms with van der Waals surface area (Å²) in [7, 11) is 1.63. The molecular formula is C13H15N3O2. The van der Waals surface area contributed by atoms with Crippen LogP contribution in [0.2, 0.25) is 0 Å². The van der Waals surface area contributed by atoms with Crippen LogP contribution >= 0.6 is 0 Å². The van der Waals surface area contributed by atoms with E-state index in [0.29, 0.717) is 5.84 Å². The summed E-state index contributed by atoms with van der Waals surface area (Å²) in [6, 6.07) is 5.56. The second-order valence-electron chi connectivity index (χ2n) is 4.71. The first-order valence-corrected chi connectivity index (χ1v) is 6.00. The zero-order valence-electron chi connectivity index (χ0n) is 10.2. The Hall–Kier alpha value is -2.04. The van der Waals surface area contributed by atoms with Crippen LogP contribution in [0.4, 0.5) is 4.79 Å². The summed E-state index contributed by atoms with van der Waals surface area (Å²) in [6.45, 7) is 0. The van der Waals surface area contributed by atoms with Crippen LogP contribution in [-0.2, 0) is 12.0 Å². The van der Waals surface area contributed by atoms with Gasteiger partial charge < -0.3 is 15.8 Å². The van der Waals surface area contributed by atoms with E-state index in [9.17, 15) is 4.79 Å². The summed E-state index contributed by atoms with van der Waals surface area (Å²) < 4.78 is 5.25. The van der Waals surface area contributed by atoms with Crippen molar-refractivity contribution in [2.75, 3.05) is 7.11 Å². The highest BCUT2D eigenvalue weighted by Crippen LogP contribution is 2.39. The third kappa shape index (κ3) is 1.40. The van der Waals surface area contributed by atoms with E-state index >= 15 is 0 Å². The normalized spacial score (nSPS) is 25.6. The topological polar surface area (TPSA) is 76.7 Å². The van der Waals surface area contributed by atoms with Crippen molar-refractivity contribution < 1.29 is 9.53 Å². The van der Waals surface area contributed by atoms with Crippen LogP contribution in [0.15, 0.2) is 23.2 Å². The molecule has 5 nitrogen and oxygen atoms in total. The number of ether oxygens (including phenoxy) is 1. The molecule has 1 spiro atoms. The fraction of sp³-hybridized carbons (Fsp3) is 0.385. The minimum Gasteiger partial charge on any atom is -0.497 e. The number of carbonyl (C=O) groups excluding carboxylic acids is 1. The Balaban J connectivity index is 2.17. The highest BCUT2D eigenvalue weighted by Gasteiger charge is 2.45. The molecule has 1 aliphatic heterocycles. The van der Waals surface area contributed by atoms with Crippen LogP contribution in [0.5, 0.6) is 5.75 Å². The Kier molecular flexibility index (Phi) is 2.29. The van der Waals surface area contributed by atoms with Gasteiger partial charge in [-0.1, -0.05) is 6.07 Å². The molecule has 1 heterocycles. The van der Waals surface area contributed by atoms with Crippen LogP contribution in [-0.4, -0.2) is 19.0 Å². The Bertz CT molecular complexity index is 553. The number of amidine groups is 1. The molecule has 1 atom stereocenters. The van der Waals surface area contributed by atoms with Crippen molar-refractivity contribution in [3.05, 3.63) is 29.3 Å². The van der Waals surface area contributed by atoms with E-state index in [1.165, 1.54) is 5.56 Å². The highest BCUT2D eigenvalue weighted by atomic mass is 16.5. The number of aryl methyl sites for hydroxylation is 1. The second-order valence-corrected chi connectivity index (χ2v) is 4.71. The van der Waals surface area contributed by atoms with E-state index in [0.717, 1.165) is 30.6 Å². The fourth-order valence-corrected chi connectivity index (χ4v) is 2.85. The predicted octanol–water partition coefficient (Wildman–Crippen LogP) is 1.31. The molecular weight excluding hydrogens is 230 g/mol. The summed E-state index contributed by atoms with van der Waals surface area (Å²) in [5, 5.41) is 2.90. The van der Waals surface area contributed by atoms with Gasteiger partial charge in [-0.25, -0.2) is 4.79 Å². The number of fused-ring (bicyclic) bond motifs is 2. The summed E-state index contributed by atoms with van der Waals surface area (Å²) in [6.07, 6.45) is 2.76. The number of aliphatic imine (C=N–C) groups is 1. The fourth-order valence-electron chi connectivity index (χ4n) is 2.85. The molecule has 0 saturated carbocycles. The van der Waals surface area contributed by atoms with Gasteiger partial charge in [-0.05, 0) is 42.5 Å². The summed E-state index contributed by atoms with van der Waals surface area (Å²) >= 11 is 0. The van der Waals surface area contributed by atoms with Gasteiger partial charge in [0.25, 0.3) is 0 Å². The minimum absolute atomic E-state index is 0.358. The monoisotopic (exact) mass is 245 g/mol. The van der Waals surface area contributed by atoms with Gasteiger partial charge in [0.1, 0.15) is 17.1 Å². The molecule has 0 saturated heterocycles. The number of hydrogen-bond acceptors (Lipinski definition) is 3. The molecule has 0 radical (unpaired) electrons. The summed E-state index contributed by atoms with van der Waals surface area (Å²) in [5.74, 6) is 1.13. The molecule has 1 aromatic rings. The van der Waals surface area contributed by atoms with E-state index in [1.807, 2.05) is 18.2 Å². The number of rotatable bonds is 1. The van der Waals surface area contributed by atoms with Crippen molar-refractivity contribution >= 4 is 11.9 Å². The SMILES string of the molecule is COc1ccc2c(c1)C1(CCC2)NC(=O)N=C1N. The lowest BCUT2D eigenvalue weighted by Crippen LogP contribution is -2.50. The molecule has 0 aromatic heterocycles. The largest absolute Gasteiger partial charge is 0.497 e. The number of hydrogen-bond donors (Lipinski definition) is 2. The first-order valence-electron chi connectivity index (χ1n) is 6.00. The molecule has 3 rings (SSSR count). The smallest absolute Gasteiger partial charge is 0.343 e. The first-order chi connectivity index (χ1) is 8.65. The van der Waals surface area contributed by atoms with E-state index in [-0.39, 0.29) is 6.03 Å². The zero-order chi connectivity index (χ0) is 12.8. The van der Waals surface area contributed by atoms with Crippen LogP contribution in [0, 0.1) is 0 Å². The lowest BCUT2D eigenvalue weighted by atomic mass is 9.76. The average Bonchev–Trinajstić information content (AvgIpc) is 2.65. The predicted molar refractivity (Wildman–Crippen MR) is 67.8 cm³/mol. The summed E-state index contributed by atoms with van der Waals surface area (Å²) in [5.41, 5.74) is 7.55. The highest BCUT2D eigenvalue weighted by molar-refractivity contribution is 6.06. The molecule has 1 aromatic carbocycles. The third-order valence-corrected chi connectivity index (χ3v) is 3.75. The van der Waals surface area contributed by atoms with Gasteiger partial charge in [0.2, 0.25) is 0 Å². The first kappa shape index (κ1) is 11.1. The Morgan fingerprint density at radius 3 is 3.00 bits per heavy atom. The van der Waals surface area contributed by atoms with Crippen LogP contribution in [0.25, 0.3) is 0 Å². The van der Waals surface area contributed by atoms with Crippen molar-refractivity contribution in [2.45, 2.75) is 24.8 Å². The van der Waals surface area contributed by atoms with Crippen molar-refractivity contribution in [3.63, 3.8) is 0 Å².